The van der Waals surface area contributed by atoms with Crippen LogP contribution >= 0.6 is 23.2 Å². The average molecular weight is 532 g/mol. The lowest BCUT2D eigenvalue weighted by Crippen LogP contribution is -2.19. The second-order valence-corrected chi connectivity index (χ2v) is 12.0. The Morgan fingerprint density at radius 2 is 1.33 bits per heavy atom. The number of benzene rings is 4. The van der Waals surface area contributed by atoms with Crippen molar-refractivity contribution in [2.45, 2.75) is 30.1 Å². The molecule has 0 bridgehead atoms. The number of fused-ring (bicyclic) bond motifs is 3. The van der Waals surface area contributed by atoms with E-state index in [9.17, 15) is 8.42 Å². The van der Waals surface area contributed by atoms with E-state index in [-0.39, 0.29) is 16.7 Å². The van der Waals surface area contributed by atoms with Crippen molar-refractivity contribution in [1.82, 2.24) is 3.97 Å². The van der Waals surface area contributed by atoms with Gasteiger partial charge >= 0.3 is 0 Å². The smallest absolute Gasteiger partial charge is 0.237 e. The lowest BCUT2D eigenvalue weighted by molar-refractivity contribution is 0.582. The number of hydrogen-bond donors (Lipinski definition) is 0. The number of aryl methyl sites for hydroxylation is 1. The zero-order valence-electron chi connectivity index (χ0n) is 19.5. The second-order valence-electron chi connectivity index (χ2n) is 9.35. The molecule has 180 valence electrons. The first-order chi connectivity index (χ1) is 17.3. The van der Waals surface area contributed by atoms with Crippen LogP contribution in [0.15, 0.2) is 102 Å². The third-order valence-electron chi connectivity index (χ3n) is 7.18. The summed E-state index contributed by atoms with van der Waals surface area (Å²) >= 11 is 12.4. The van der Waals surface area contributed by atoms with Crippen LogP contribution in [0.1, 0.15) is 39.8 Å². The molecule has 1 heterocycles. The molecule has 0 aliphatic heterocycles. The van der Waals surface area contributed by atoms with Gasteiger partial charge in [0.05, 0.1) is 10.4 Å². The van der Waals surface area contributed by atoms with Crippen LogP contribution in [0.5, 0.6) is 0 Å². The van der Waals surface area contributed by atoms with Gasteiger partial charge in [-0.3, -0.25) is 0 Å². The molecule has 0 radical (unpaired) electrons. The highest BCUT2D eigenvalue weighted by molar-refractivity contribution is 7.90. The van der Waals surface area contributed by atoms with Gasteiger partial charge in [-0.15, -0.1) is 0 Å². The van der Waals surface area contributed by atoms with E-state index in [1.165, 1.54) is 0 Å². The lowest BCUT2D eigenvalue weighted by atomic mass is 9.83. The van der Waals surface area contributed by atoms with Crippen molar-refractivity contribution >= 4 is 44.1 Å². The standard InChI is InChI=1S/C30H23Cl2NO2S/c1-19-6-16-24(17-7-19)36(34,35)33-28-5-3-2-4-25(28)27-18-26(20-8-12-22(31)13-9-20)29(30(27)33)21-10-14-23(32)15-11-21/h2-17,26,29H,18H2,1H3/t26-,29-/m0/s1. The predicted molar refractivity (Wildman–Crippen MR) is 147 cm³/mol. The fourth-order valence-corrected chi connectivity index (χ4v) is 7.35. The average Bonchev–Trinajstić information content (AvgIpc) is 3.40. The Kier molecular flexibility index (Phi) is 5.71. The van der Waals surface area contributed by atoms with Gasteiger partial charge in [0.25, 0.3) is 10.0 Å². The third-order valence-corrected chi connectivity index (χ3v) is 9.43. The zero-order chi connectivity index (χ0) is 25.0. The zero-order valence-corrected chi connectivity index (χ0v) is 21.9. The highest BCUT2D eigenvalue weighted by Gasteiger charge is 2.42. The van der Waals surface area contributed by atoms with Crippen molar-refractivity contribution < 1.29 is 8.42 Å². The highest BCUT2D eigenvalue weighted by Crippen LogP contribution is 2.52. The van der Waals surface area contributed by atoms with Gasteiger partial charge < -0.3 is 0 Å². The Bertz CT molecular complexity index is 1690. The van der Waals surface area contributed by atoms with E-state index >= 15 is 0 Å². The predicted octanol–water partition coefficient (Wildman–Crippen LogP) is 7.97. The maximum absolute atomic E-state index is 14.2. The normalized spacial score (nSPS) is 17.4. The van der Waals surface area contributed by atoms with Gasteiger partial charge in [-0.25, -0.2) is 12.4 Å². The fraction of sp³-hybridized carbons (Fsp3) is 0.133. The first-order valence-corrected chi connectivity index (χ1v) is 14.0. The van der Waals surface area contributed by atoms with Crippen LogP contribution in [0, 0.1) is 6.92 Å². The maximum Gasteiger partial charge on any atom is 0.268 e. The number of halogens is 2. The highest BCUT2D eigenvalue weighted by atomic mass is 35.5. The van der Waals surface area contributed by atoms with Gasteiger partial charge in [0.1, 0.15) is 0 Å². The van der Waals surface area contributed by atoms with Crippen molar-refractivity contribution in [3.8, 4) is 0 Å². The van der Waals surface area contributed by atoms with Crippen molar-refractivity contribution in [3.05, 3.63) is 135 Å². The van der Waals surface area contributed by atoms with Gasteiger partial charge in [-0.1, -0.05) is 83.4 Å². The Morgan fingerprint density at radius 3 is 1.97 bits per heavy atom. The Hall–Kier alpha value is -3.05. The number of rotatable bonds is 4. The third kappa shape index (κ3) is 3.76. The first kappa shape index (κ1) is 23.4. The summed E-state index contributed by atoms with van der Waals surface area (Å²) in [5, 5.41) is 2.29. The van der Waals surface area contributed by atoms with E-state index in [0.717, 1.165) is 39.8 Å². The van der Waals surface area contributed by atoms with Crippen LogP contribution < -0.4 is 0 Å². The minimum atomic E-state index is -3.86. The number of para-hydroxylation sites is 1. The van der Waals surface area contributed by atoms with E-state index in [2.05, 4.69) is 0 Å². The molecule has 6 rings (SSSR count). The summed E-state index contributed by atoms with van der Waals surface area (Å²) in [4.78, 5) is 0.279. The maximum atomic E-state index is 14.2. The van der Waals surface area contributed by atoms with Crippen molar-refractivity contribution in [2.24, 2.45) is 0 Å². The summed E-state index contributed by atoms with van der Waals surface area (Å²) in [7, 11) is -3.86. The quantitative estimate of drug-likeness (QED) is 0.236. The van der Waals surface area contributed by atoms with Crippen LogP contribution in [-0.4, -0.2) is 12.4 Å². The largest absolute Gasteiger partial charge is 0.268 e. The van der Waals surface area contributed by atoms with Crippen LogP contribution in [-0.2, 0) is 16.4 Å². The van der Waals surface area contributed by atoms with Crippen molar-refractivity contribution in [3.63, 3.8) is 0 Å². The van der Waals surface area contributed by atoms with Gasteiger partial charge in [0.2, 0.25) is 0 Å². The molecule has 0 saturated heterocycles. The molecule has 0 amide bonds. The molecule has 0 N–H and O–H groups in total. The Morgan fingerprint density at radius 1 is 0.750 bits per heavy atom. The summed E-state index contributed by atoms with van der Waals surface area (Å²) < 4.78 is 30.0. The molecule has 5 aromatic rings. The van der Waals surface area contributed by atoms with Gasteiger partial charge in [0, 0.05) is 33.0 Å². The molecule has 1 aliphatic carbocycles. The molecule has 1 aliphatic rings. The molecule has 36 heavy (non-hydrogen) atoms. The molecule has 1 aromatic heterocycles. The molecule has 0 spiro atoms. The van der Waals surface area contributed by atoms with Gasteiger partial charge in [-0.2, -0.15) is 0 Å². The molecule has 4 aromatic carbocycles. The molecule has 6 heteroatoms. The Balaban J connectivity index is 1.65. The summed E-state index contributed by atoms with van der Waals surface area (Å²) in [6.45, 7) is 1.95. The number of hydrogen-bond acceptors (Lipinski definition) is 2. The SMILES string of the molecule is Cc1ccc(S(=O)(=O)n2c3c(c4ccccc42)C[C@@H](c2ccc(Cl)cc2)[C@@H]3c2ccc(Cl)cc2)cc1. The molecular weight excluding hydrogens is 509 g/mol. The number of nitrogens with zero attached hydrogens (tertiary/aromatic N) is 1. The number of aromatic nitrogens is 1. The minimum Gasteiger partial charge on any atom is -0.237 e. The summed E-state index contributed by atoms with van der Waals surface area (Å²) in [5.41, 5.74) is 5.76. The fourth-order valence-electron chi connectivity index (χ4n) is 5.51. The molecule has 0 unspecified atom stereocenters. The van der Waals surface area contributed by atoms with Crippen molar-refractivity contribution in [2.75, 3.05) is 0 Å². The molecule has 2 atom stereocenters. The summed E-state index contributed by atoms with van der Waals surface area (Å²) in [5.74, 6) is -0.122. The molecule has 3 nitrogen and oxygen atoms in total. The summed E-state index contributed by atoms with van der Waals surface area (Å²) in [6.07, 6.45) is 0.723. The molecule has 0 saturated carbocycles. The van der Waals surface area contributed by atoms with E-state index in [0.29, 0.717) is 15.6 Å². The van der Waals surface area contributed by atoms with Gasteiger partial charge in [0.15, 0.2) is 0 Å². The van der Waals surface area contributed by atoms with Crippen LogP contribution in [0.3, 0.4) is 0 Å². The van der Waals surface area contributed by atoms with Gasteiger partial charge in [-0.05, 0) is 72.5 Å². The minimum absolute atomic E-state index is 0.0533. The van der Waals surface area contributed by atoms with Crippen LogP contribution in [0.25, 0.3) is 10.9 Å². The Labute approximate surface area is 221 Å². The topological polar surface area (TPSA) is 39.1 Å². The van der Waals surface area contributed by atoms with E-state index in [1.807, 2.05) is 91.9 Å². The lowest BCUT2D eigenvalue weighted by Gasteiger charge is -2.24. The first-order valence-electron chi connectivity index (χ1n) is 11.8. The second kappa shape index (κ2) is 8.81. The van der Waals surface area contributed by atoms with E-state index in [4.69, 9.17) is 23.2 Å². The monoisotopic (exact) mass is 531 g/mol. The van der Waals surface area contributed by atoms with Crippen LogP contribution in [0.4, 0.5) is 0 Å². The van der Waals surface area contributed by atoms with Crippen molar-refractivity contribution in [1.29, 1.82) is 0 Å². The van der Waals surface area contributed by atoms with E-state index in [1.54, 1.807) is 16.1 Å². The molecular formula is C30H23Cl2NO2S. The summed E-state index contributed by atoms with van der Waals surface area (Å²) in [6, 6.07) is 30.5. The molecule has 0 fully saturated rings. The van der Waals surface area contributed by atoms with Crippen LogP contribution in [0.2, 0.25) is 10.0 Å². The van der Waals surface area contributed by atoms with E-state index < -0.39 is 10.0 Å².